The molecule has 0 saturated carbocycles. The SMILES string of the molecule is CCOc1ccc(Nc2cnnc(Nc3ccccc3OCC)n2)cc1. The Bertz CT molecular complexity index is 839. The molecule has 3 rings (SSSR count). The van der Waals surface area contributed by atoms with E-state index < -0.39 is 0 Å². The van der Waals surface area contributed by atoms with Crippen LogP contribution in [0.25, 0.3) is 0 Å². The summed E-state index contributed by atoms with van der Waals surface area (Å²) in [5, 5.41) is 14.4. The third-order valence-corrected chi connectivity index (χ3v) is 3.43. The summed E-state index contributed by atoms with van der Waals surface area (Å²) >= 11 is 0. The Morgan fingerprint density at radius 3 is 2.42 bits per heavy atom. The molecule has 0 fully saturated rings. The zero-order chi connectivity index (χ0) is 18.2. The van der Waals surface area contributed by atoms with Gasteiger partial charge in [0, 0.05) is 5.69 Å². The van der Waals surface area contributed by atoms with Crippen LogP contribution in [0.5, 0.6) is 11.5 Å². The van der Waals surface area contributed by atoms with Gasteiger partial charge < -0.3 is 20.1 Å². The number of hydrogen-bond donors (Lipinski definition) is 2. The second-order valence-electron chi connectivity index (χ2n) is 5.30. The average Bonchev–Trinajstić information content (AvgIpc) is 2.66. The summed E-state index contributed by atoms with van der Waals surface area (Å²) in [4.78, 5) is 4.44. The van der Waals surface area contributed by atoms with Crippen LogP contribution >= 0.6 is 0 Å². The van der Waals surface area contributed by atoms with Gasteiger partial charge >= 0.3 is 0 Å². The number of benzene rings is 2. The zero-order valence-corrected chi connectivity index (χ0v) is 14.8. The fourth-order valence-corrected chi connectivity index (χ4v) is 2.34. The van der Waals surface area contributed by atoms with Crippen LogP contribution in [-0.2, 0) is 0 Å². The van der Waals surface area contributed by atoms with Crippen LogP contribution in [0.1, 0.15) is 13.8 Å². The summed E-state index contributed by atoms with van der Waals surface area (Å²) in [6, 6.07) is 15.3. The minimum atomic E-state index is 0.382. The first-order chi connectivity index (χ1) is 12.8. The lowest BCUT2D eigenvalue weighted by Crippen LogP contribution is -2.04. The predicted molar refractivity (Wildman–Crippen MR) is 102 cm³/mol. The normalized spacial score (nSPS) is 10.2. The van der Waals surface area contributed by atoms with Gasteiger partial charge in [-0.05, 0) is 50.2 Å². The van der Waals surface area contributed by atoms with Crippen LogP contribution in [0.3, 0.4) is 0 Å². The van der Waals surface area contributed by atoms with Gasteiger partial charge in [0.25, 0.3) is 0 Å². The first-order valence-electron chi connectivity index (χ1n) is 8.47. The maximum atomic E-state index is 5.60. The predicted octanol–water partition coefficient (Wildman–Crippen LogP) is 4.16. The molecule has 0 radical (unpaired) electrons. The average molecular weight is 351 g/mol. The van der Waals surface area contributed by atoms with Gasteiger partial charge in [0.05, 0.1) is 25.1 Å². The van der Waals surface area contributed by atoms with E-state index in [4.69, 9.17) is 9.47 Å². The molecule has 26 heavy (non-hydrogen) atoms. The topological polar surface area (TPSA) is 81.2 Å². The highest BCUT2D eigenvalue weighted by Crippen LogP contribution is 2.26. The fourth-order valence-electron chi connectivity index (χ4n) is 2.34. The highest BCUT2D eigenvalue weighted by Gasteiger charge is 2.06. The van der Waals surface area contributed by atoms with Crippen molar-refractivity contribution in [1.29, 1.82) is 0 Å². The summed E-state index contributed by atoms with van der Waals surface area (Å²) in [6.45, 7) is 5.12. The Morgan fingerprint density at radius 2 is 1.65 bits per heavy atom. The molecule has 3 aromatic rings. The van der Waals surface area contributed by atoms with Crippen molar-refractivity contribution in [3.63, 3.8) is 0 Å². The van der Waals surface area contributed by atoms with E-state index in [9.17, 15) is 0 Å². The van der Waals surface area contributed by atoms with Crippen LogP contribution in [0.4, 0.5) is 23.1 Å². The van der Waals surface area contributed by atoms with E-state index in [1.807, 2.05) is 62.4 Å². The molecule has 0 amide bonds. The van der Waals surface area contributed by atoms with Gasteiger partial charge in [-0.15, -0.1) is 5.10 Å². The number of anilines is 4. The van der Waals surface area contributed by atoms with Gasteiger partial charge in [0.15, 0.2) is 5.82 Å². The molecule has 7 heteroatoms. The van der Waals surface area contributed by atoms with E-state index in [0.717, 1.165) is 22.9 Å². The van der Waals surface area contributed by atoms with Crippen molar-refractivity contribution in [3.05, 3.63) is 54.7 Å². The van der Waals surface area contributed by atoms with Crippen molar-refractivity contribution in [3.8, 4) is 11.5 Å². The Morgan fingerprint density at radius 1 is 0.885 bits per heavy atom. The molecule has 0 spiro atoms. The molecule has 0 aliphatic heterocycles. The first kappa shape index (κ1) is 17.5. The molecule has 0 bridgehead atoms. The summed E-state index contributed by atoms with van der Waals surface area (Å²) in [6.07, 6.45) is 1.57. The minimum absolute atomic E-state index is 0.382. The summed E-state index contributed by atoms with van der Waals surface area (Å²) in [7, 11) is 0. The van der Waals surface area contributed by atoms with Crippen molar-refractivity contribution in [1.82, 2.24) is 15.2 Å². The lowest BCUT2D eigenvalue weighted by molar-refractivity contribution is 0.340. The lowest BCUT2D eigenvalue weighted by atomic mass is 10.3. The van der Waals surface area contributed by atoms with Crippen molar-refractivity contribution < 1.29 is 9.47 Å². The van der Waals surface area contributed by atoms with Crippen molar-refractivity contribution >= 4 is 23.1 Å². The second kappa shape index (κ2) is 8.66. The minimum Gasteiger partial charge on any atom is -0.494 e. The van der Waals surface area contributed by atoms with Crippen molar-refractivity contribution in [2.75, 3.05) is 23.8 Å². The maximum Gasteiger partial charge on any atom is 0.249 e. The molecule has 0 saturated heterocycles. The third kappa shape index (κ3) is 4.60. The quantitative estimate of drug-likeness (QED) is 0.631. The number of nitrogens with one attached hydrogen (secondary N) is 2. The molecule has 2 aromatic carbocycles. The molecule has 134 valence electrons. The van der Waals surface area contributed by atoms with Gasteiger partial charge in [-0.25, -0.2) is 0 Å². The molecule has 0 aliphatic carbocycles. The van der Waals surface area contributed by atoms with Gasteiger partial charge in [-0.1, -0.05) is 12.1 Å². The van der Waals surface area contributed by atoms with Gasteiger partial charge in [0.1, 0.15) is 11.5 Å². The van der Waals surface area contributed by atoms with Gasteiger partial charge in [0.2, 0.25) is 5.95 Å². The maximum absolute atomic E-state index is 5.60. The molecule has 0 aliphatic rings. The number of ether oxygens (including phenoxy) is 2. The van der Waals surface area contributed by atoms with Crippen LogP contribution in [0, 0.1) is 0 Å². The fraction of sp³-hybridized carbons (Fsp3) is 0.211. The summed E-state index contributed by atoms with van der Waals surface area (Å²) in [5.41, 5.74) is 1.67. The first-order valence-corrected chi connectivity index (χ1v) is 8.47. The van der Waals surface area contributed by atoms with Crippen LogP contribution < -0.4 is 20.1 Å². The summed E-state index contributed by atoms with van der Waals surface area (Å²) < 4.78 is 11.0. The Labute approximate surface area is 152 Å². The highest BCUT2D eigenvalue weighted by molar-refractivity contribution is 5.63. The molecule has 2 N–H and O–H groups in total. The number of rotatable bonds is 8. The Balaban J connectivity index is 1.72. The highest BCUT2D eigenvalue weighted by atomic mass is 16.5. The molecule has 1 aromatic heterocycles. The standard InChI is InChI=1S/C19H21N5O2/c1-3-25-15-11-9-14(10-12-15)21-18-13-20-24-19(23-18)22-16-7-5-6-8-17(16)26-4-2/h5-13H,3-4H2,1-2H3,(H2,21,22,23,24). The van der Waals surface area contributed by atoms with E-state index >= 15 is 0 Å². The van der Waals surface area contributed by atoms with Gasteiger partial charge in [-0.3, -0.25) is 0 Å². The van der Waals surface area contributed by atoms with Crippen LogP contribution in [-0.4, -0.2) is 28.4 Å². The monoisotopic (exact) mass is 351 g/mol. The van der Waals surface area contributed by atoms with E-state index in [2.05, 4.69) is 25.8 Å². The zero-order valence-electron chi connectivity index (χ0n) is 14.8. The van der Waals surface area contributed by atoms with Crippen LogP contribution in [0.2, 0.25) is 0 Å². The largest absolute Gasteiger partial charge is 0.494 e. The molecule has 0 atom stereocenters. The third-order valence-electron chi connectivity index (χ3n) is 3.43. The van der Waals surface area contributed by atoms with Crippen molar-refractivity contribution in [2.24, 2.45) is 0 Å². The number of nitrogens with zero attached hydrogens (tertiary/aromatic N) is 3. The molecule has 7 nitrogen and oxygen atoms in total. The smallest absolute Gasteiger partial charge is 0.249 e. The van der Waals surface area contributed by atoms with E-state index in [1.54, 1.807) is 6.20 Å². The van der Waals surface area contributed by atoms with Gasteiger partial charge in [-0.2, -0.15) is 10.1 Å². The summed E-state index contributed by atoms with van der Waals surface area (Å²) in [5.74, 6) is 2.53. The molecular weight excluding hydrogens is 330 g/mol. The molecule has 0 unspecified atom stereocenters. The van der Waals surface area contributed by atoms with Crippen molar-refractivity contribution in [2.45, 2.75) is 13.8 Å². The van der Waals surface area contributed by atoms with E-state index in [1.165, 1.54) is 0 Å². The Hall–Kier alpha value is -3.35. The lowest BCUT2D eigenvalue weighted by Gasteiger charge is -2.11. The van der Waals surface area contributed by atoms with Crippen LogP contribution in [0.15, 0.2) is 54.7 Å². The van der Waals surface area contributed by atoms with E-state index in [0.29, 0.717) is 25.0 Å². The Kier molecular flexibility index (Phi) is 5.82. The van der Waals surface area contributed by atoms with E-state index in [-0.39, 0.29) is 0 Å². The number of hydrogen-bond acceptors (Lipinski definition) is 7. The number of para-hydroxylation sites is 2. The molecule has 1 heterocycles. The number of aromatic nitrogens is 3. The molecular formula is C19H21N5O2. The second-order valence-corrected chi connectivity index (χ2v) is 5.30.